The molecule has 14 heavy (non-hydrogen) atoms. The van der Waals surface area contributed by atoms with Gasteiger partial charge in [0.2, 0.25) is 0 Å². The lowest BCUT2D eigenvalue weighted by Gasteiger charge is -2.12. The first-order valence-electron chi connectivity index (χ1n) is 4.48. The third-order valence-electron chi connectivity index (χ3n) is 2.25. The van der Waals surface area contributed by atoms with E-state index in [0.717, 1.165) is 11.1 Å². The second kappa shape index (κ2) is 4.22. The Labute approximate surface area is 82.4 Å². The van der Waals surface area contributed by atoms with Crippen molar-refractivity contribution in [2.45, 2.75) is 26.2 Å². The molecule has 0 unspecified atom stereocenters. The molecule has 0 radical (unpaired) electrons. The molecule has 0 aliphatic carbocycles. The molecule has 2 nitrogen and oxygen atoms in total. The van der Waals surface area contributed by atoms with Gasteiger partial charge in [-0.3, -0.25) is 4.79 Å². The van der Waals surface area contributed by atoms with Crippen LogP contribution in [0.4, 0.5) is 4.39 Å². The highest BCUT2D eigenvalue weighted by molar-refractivity contribution is 5.68. The molecule has 1 N–H and O–H groups in total. The number of benzene rings is 1. The summed E-state index contributed by atoms with van der Waals surface area (Å²) in [6.45, 7) is 3.64. The minimum atomic E-state index is -0.860. The van der Waals surface area contributed by atoms with Crippen LogP contribution in [0.2, 0.25) is 0 Å². The maximum absolute atomic E-state index is 12.9. The zero-order chi connectivity index (χ0) is 10.7. The molecule has 0 saturated heterocycles. The summed E-state index contributed by atoms with van der Waals surface area (Å²) < 4.78 is 12.9. The number of rotatable bonds is 3. The lowest BCUT2D eigenvalue weighted by atomic mass is 9.94. The van der Waals surface area contributed by atoms with Crippen molar-refractivity contribution in [3.8, 4) is 0 Å². The minimum absolute atomic E-state index is 0.0320. The van der Waals surface area contributed by atoms with Gasteiger partial charge in [-0.05, 0) is 36.1 Å². The molecule has 0 amide bonds. The van der Waals surface area contributed by atoms with E-state index in [1.807, 2.05) is 6.92 Å². The highest BCUT2D eigenvalue weighted by Gasteiger charge is 2.12. The Hall–Kier alpha value is -1.38. The number of hydrogen-bond donors (Lipinski definition) is 1. The predicted molar refractivity (Wildman–Crippen MR) is 51.8 cm³/mol. The van der Waals surface area contributed by atoms with Crippen LogP contribution < -0.4 is 0 Å². The van der Waals surface area contributed by atoms with Gasteiger partial charge in [-0.25, -0.2) is 4.39 Å². The molecule has 1 atom stereocenters. The highest BCUT2D eigenvalue weighted by atomic mass is 19.1. The normalized spacial score (nSPS) is 12.5. The number of halogens is 1. The summed E-state index contributed by atoms with van der Waals surface area (Å²) in [7, 11) is 0. The van der Waals surface area contributed by atoms with Crippen LogP contribution in [-0.2, 0) is 4.79 Å². The first kappa shape index (κ1) is 10.7. The molecule has 3 heteroatoms. The van der Waals surface area contributed by atoms with Gasteiger partial charge >= 0.3 is 5.97 Å². The molecular weight excluding hydrogens is 183 g/mol. The lowest BCUT2D eigenvalue weighted by Crippen LogP contribution is -2.04. The van der Waals surface area contributed by atoms with Crippen molar-refractivity contribution < 1.29 is 14.3 Å². The molecule has 1 aromatic carbocycles. The molecule has 0 aliphatic rings. The lowest BCUT2D eigenvalue weighted by molar-refractivity contribution is -0.137. The second-order valence-corrected chi connectivity index (χ2v) is 3.50. The summed E-state index contributed by atoms with van der Waals surface area (Å²) in [5.74, 6) is -1.33. The van der Waals surface area contributed by atoms with Crippen LogP contribution in [0, 0.1) is 12.7 Å². The zero-order valence-electron chi connectivity index (χ0n) is 8.25. The van der Waals surface area contributed by atoms with E-state index in [2.05, 4.69) is 0 Å². The molecule has 0 spiro atoms. The monoisotopic (exact) mass is 196 g/mol. The van der Waals surface area contributed by atoms with Gasteiger partial charge in [-0.2, -0.15) is 0 Å². The van der Waals surface area contributed by atoms with Gasteiger partial charge in [-0.1, -0.05) is 13.0 Å². The minimum Gasteiger partial charge on any atom is -0.481 e. The van der Waals surface area contributed by atoms with Crippen LogP contribution in [0.5, 0.6) is 0 Å². The quantitative estimate of drug-likeness (QED) is 0.807. The van der Waals surface area contributed by atoms with Crippen LogP contribution in [-0.4, -0.2) is 11.1 Å². The molecule has 0 saturated carbocycles. The van der Waals surface area contributed by atoms with Crippen LogP contribution in [0.1, 0.15) is 30.4 Å². The second-order valence-electron chi connectivity index (χ2n) is 3.50. The summed E-state index contributed by atoms with van der Waals surface area (Å²) in [6.07, 6.45) is 0.0320. The number of carboxylic acid groups (broad SMARTS) is 1. The van der Waals surface area contributed by atoms with E-state index < -0.39 is 5.97 Å². The number of aliphatic carboxylic acids is 1. The van der Waals surface area contributed by atoms with Crippen LogP contribution in [0.15, 0.2) is 18.2 Å². The van der Waals surface area contributed by atoms with Gasteiger partial charge in [-0.15, -0.1) is 0 Å². The molecule has 76 valence electrons. The van der Waals surface area contributed by atoms with Crippen molar-refractivity contribution in [1.82, 2.24) is 0 Å². The van der Waals surface area contributed by atoms with Crippen LogP contribution in [0.25, 0.3) is 0 Å². The summed E-state index contributed by atoms with van der Waals surface area (Å²) in [6, 6.07) is 4.46. The fourth-order valence-corrected chi connectivity index (χ4v) is 1.51. The van der Waals surface area contributed by atoms with Gasteiger partial charge in [0.15, 0.2) is 0 Å². The summed E-state index contributed by atoms with van der Waals surface area (Å²) in [4.78, 5) is 10.5. The Morgan fingerprint density at radius 3 is 2.79 bits per heavy atom. The van der Waals surface area contributed by atoms with E-state index in [-0.39, 0.29) is 18.2 Å². The fourth-order valence-electron chi connectivity index (χ4n) is 1.51. The van der Waals surface area contributed by atoms with Crippen molar-refractivity contribution in [3.05, 3.63) is 35.1 Å². The molecule has 0 aromatic heterocycles. The molecule has 0 heterocycles. The van der Waals surface area contributed by atoms with Gasteiger partial charge < -0.3 is 5.11 Å². The van der Waals surface area contributed by atoms with E-state index in [0.29, 0.717) is 0 Å². The SMILES string of the molecule is Cc1ccc(F)cc1[C@H](C)CC(=O)O. The third kappa shape index (κ3) is 2.55. The van der Waals surface area contributed by atoms with Gasteiger partial charge in [0, 0.05) is 0 Å². The van der Waals surface area contributed by atoms with Gasteiger partial charge in [0.25, 0.3) is 0 Å². The molecule has 0 aliphatic heterocycles. The first-order chi connectivity index (χ1) is 6.50. The largest absolute Gasteiger partial charge is 0.481 e. The topological polar surface area (TPSA) is 37.3 Å². The maximum Gasteiger partial charge on any atom is 0.303 e. The number of carbonyl (C=O) groups is 1. The first-order valence-corrected chi connectivity index (χ1v) is 4.48. The number of hydrogen-bond acceptors (Lipinski definition) is 1. The third-order valence-corrected chi connectivity index (χ3v) is 2.25. The van der Waals surface area contributed by atoms with Gasteiger partial charge in [0.05, 0.1) is 6.42 Å². The molecule has 0 fully saturated rings. The zero-order valence-corrected chi connectivity index (χ0v) is 8.25. The standard InChI is InChI=1S/C11H13FO2/c1-7-3-4-9(12)6-10(7)8(2)5-11(13)14/h3-4,6,8H,5H2,1-2H3,(H,13,14)/t8-/m1/s1. The van der Waals surface area contributed by atoms with Crippen molar-refractivity contribution >= 4 is 5.97 Å². The van der Waals surface area contributed by atoms with E-state index in [9.17, 15) is 9.18 Å². The Balaban J connectivity index is 2.93. The Morgan fingerprint density at radius 1 is 1.57 bits per heavy atom. The fraction of sp³-hybridized carbons (Fsp3) is 0.364. The molecule has 1 aromatic rings. The molecular formula is C11H13FO2. The number of aryl methyl sites for hydroxylation is 1. The van der Waals surface area contributed by atoms with E-state index in [4.69, 9.17) is 5.11 Å². The Bertz CT molecular complexity index is 347. The van der Waals surface area contributed by atoms with E-state index in [1.165, 1.54) is 12.1 Å². The highest BCUT2D eigenvalue weighted by Crippen LogP contribution is 2.23. The van der Waals surface area contributed by atoms with Crippen LogP contribution in [0.3, 0.4) is 0 Å². The number of carboxylic acids is 1. The predicted octanol–water partition coefficient (Wildman–Crippen LogP) is 2.71. The summed E-state index contributed by atoms with van der Waals surface area (Å²) in [5.41, 5.74) is 1.70. The average molecular weight is 196 g/mol. The van der Waals surface area contributed by atoms with E-state index >= 15 is 0 Å². The van der Waals surface area contributed by atoms with Crippen molar-refractivity contribution in [2.24, 2.45) is 0 Å². The van der Waals surface area contributed by atoms with Crippen molar-refractivity contribution in [3.63, 3.8) is 0 Å². The molecule has 1 rings (SSSR count). The van der Waals surface area contributed by atoms with Crippen molar-refractivity contribution in [1.29, 1.82) is 0 Å². The van der Waals surface area contributed by atoms with Gasteiger partial charge in [0.1, 0.15) is 5.82 Å². The van der Waals surface area contributed by atoms with Crippen molar-refractivity contribution in [2.75, 3.05) is 0 Å². The Morgan fingerprint density at radius 2 is 2.21 bits per heavy atom. The maximum atomic E-state index is 12.9. The Kier molecular flexibility index (Phi) is 3.23. The smallest absolute Gasteiger partial charge is 0.303 e. The van der Waals surface area contributed by atoms with E-state index in [1.54, 1.807) is 13.0 Å². The average Bonchev–Trinajstić information content (AvgIpc) is 2.08. The summed E-state index contributed by atoms with van der Waals surface area (Å²) >= 11 is 0. The summed E-state index contributed by atoms with van der Waals surface area (Å²) in [5, 5.41) is 8.61. The molecule has 0 bridgehead atoms. The van der Waals surface area contributed by atoms with Crippen LogP contribution >= 0.6 is 0 Å².